The van der Waals surface area contributed by atoms with E-state index in [0.29, 0.717) is 23.3 Å². The molecule has 0 unspecified atom stereocenters. The summed E-state index contributed by atoms with van der Waals surface area (Å²) < 4.78 is 4.90. The number of hydrogen-bond acceptors (Lipinski definition) is 4. The molecule has 0 radical (unpaired) electrons. The Bertz CT molecular complexity index is 676. The average molecular weight is 261 g/mol. The summed E-state index contributed by atoms with van der Waals surface area (Å²) in [7, 11) is 0. The maximum absolute atomic E-state index is 12.2. The van der Waals surface area contributed by atoms with Crippen molar-refractivity contribution in [1.82, 2.24) is 4.98 Å². The Morgan fingerprint density at radius 3 is 2.89 bits per heavy atom. The Kier molecular flexibility index (Phi) is 2.67. The molecule has 2 aromatic rings. The Hall–Kier alpha value is -2.08. The summed E-state index contributed by atoms with van der Waals surface area (Å²) in [5.74, 6) is -0.553. The predicted molar refractivity (Wildman–Crippen MR) is 70.8 cm³/mol. The van der Waals surface area contributed by atoms with Gasteiger partial charge in [-0.25, -0.2) is 4.79 Å². The zero-order chi connectivity index (χ0) is 13.5. The van der Waals surface area contributed by atoms with Crippen LogP contribution in [0.2, 0.25) is 0 Å². The Morgan fingerprint density at radius 2 is 2.26 bits per heavy atom. The van der Waals surface area contributed by atoms with Gasteiger partial charge in [0.05, 0.1) is 10.9 Å². The molecule has 0 spiro atoms. The van der Waals surface area contributed by atoms with Crippen LogP contribution in [0.5, 0.6) is 0 Å². The molecule has 0 bridgehead atoms. The minimum atomic E-state index is -0.504. The molecule has 3 rings (SSSR count). The zero-order valence-corrected chi connectivity index (χ0v) is 10.4. The van der Waals surface area contributed by atoms with Crippen molar-refractivity contribution < 1.29 is 9.21 Å². The van der Waals surface area contributed by atoms with E-state index in [1.54, 1.807) is 18.2 Å². The molecule has 1 fully saturated rings. The van der Waals surface area contributed by atoms with Crippen molar-refractivity contribution in [2.75, 3.05) is 11.9 Å². The fourth-order valence-electron chi connectivity index (χ4n) is 2.42. The van der Waals surface area contributed by atoms with E-state index < -0.39 is 11.2 Å². The minimum absolute atomic E-state index is 0.0496. The molecular weight excluding hydrogens is 246 g/mol. The van der Waals surface area contributed by atoms with Crippen LogP contribution in [-0.2, 0) is 4.79 Å². The highest BCUT2D eigenvalue weighted by Gasteiger charge is 2.42. The normalized spacial score (nSPS) is 17.1. The van der Waals surface area contributed by atoms with E-state index in [-0.39, 0.29) is 5.91 Å². The lowest BCUT2D eigenvalue weighted by molar-refractivity contribution is -0.129. The second kappa shape index (κ2) is 4.24. The van der Waals surface area contributed by atoms with Gasteiger partial charge in [-0.3, -0.25) is 9.78 Å². The van der Waals surface area contributed by atoms with E-state index in [1.807, 2.05) is 0 Å². The lowest BCUT2D eigenvalue weighted by Crippen LogP contribution is -2.47. The fraction of sp³-hybridized carbons (Fsp3) is 0.385. The third-order valence-corrected chi connectivity index (χ3v) is 3.86. The second-order valence-electron chi connectivity index (χ2n) is 5.02. The van der Waals surface area contributed by atoms with Gasteiger partial charge in [0, 0.05) is 12.2 Å². The minimum Gasteiger partial charge on any atom is -0.408 e. The second-order valence-corrected chi connectivity index (χ2v) is 5.02. The molecule has 19 heavy (non-hydrogen) atoms. The third kappa shape index (κ3) is 1.94. The number of aromatic nitrogens is 1. The number of hydrogen-bond donors (Lipinski definition) is 3. The van der Waals surface area contributed by atoms with Crippen LogP contribution in [-0.4, -0.2) is 17.4 Å². The first-order valence-electron chi connectivity index (χ1n) is 6.27. The van der Waals surface area contributed by atoms with Crippen molar-refractivity contribution in [3.63, 3.8) is 0 Å². The smallest absolute Gasteiger partial charge is 0.408 e. The highest BCUT2D eigenvalue weighted by Crippen LogP contribution is 2.40. The molecule has 4 N–H and O–H groups in total. The molecule has 1 amide bonds. The first-order valence-corrected chi connectivity index (χ1v) is 6.27. The monoisotopic (exact) mass is 261 g/mol. The van der Waals surface area contributed by atoms with Crippen LogP contribution in [0.1, 0.15) is 19.3 Å². The number of H-pyrrole nitrogens is 1. The molecule has 1 aromatic carbocycles. The van der Waals surface area contributed by atoms with Crippen LogP contribution < -0.4 is 16.8 Å². The van der Waals surface area contributed by atoms with Gasteiger partial charge < -0.3 is 15.5 Å². The molecule has 0 atom stereocenters. The number of benzene rings is 1. The molecule has 100 valence electrons. The predicted octanol–water partition coefficient (Wildman–Crippen LogP) is 1.19. The molecule has 1 aliphatic rings. The van der Waals surface area contributed by atoms with E-state index in [1.165, 1.54) is 0 Å². The first kappa shape index (κ1) is 12.0. The molecule has 1 saturated carbocycles. The number of carbonyl (C=O) groups is 1. The van der Waals surface area contributed by atoms with Crippen molar-refractivity contribution in [2.45, 2.75) is 19.3 Å². The SMILES string of the molecule is NCC1(C(=O)Nc2ccc3oc(=O)[nH]c3c2)CCC1. The summed E-state index contributed by atoms with van der Waals surface area (Å²) in [6.45, 7) is 0.365. The standard InChI is InChI=1S/C13H15N3O3/c14-7-13(4-1-5-13)11(17)15-8-2-3-10-9(6-8)16-12(18)19-10/h2-3,6H,1,4-5,7,14H2,(H,15,17)(H,16,18). The maximum atomic E-state index is 12.2. The third-order valence-electron chi connectivity index (χ3n) is 3.86. The fourth-order valence-corrected chi connectivity index (χ4v) is 2.42. The van der Waals surface area contributed by atoms with Crippen molar-refractivity contribution in [1.29, 1.82) is 0 Å². The highest BCUT2D eigenvalue weighted by molar-refractivity contribution is 5.97. The van der Waals surface area contributed by atoms with Gasteiger partial charge >= 0.3 is 5.76 Å². The highest BCUT2D eigenvalue weighted by atomic mass is 16.4. The van der Waals surface area contributed by atoms with Crippen LogP contribution in [0.25, 0.3) is 11.1 Å². The van der Waals surface area contributed by atoms with Gasteiger partial charge in [-0.1, -0.05) is 6.42 Å². The quantitative estimate of drug-likeness (QED) is 0.772. The van der Waals surface area contributed by atoms with Gasteiger partial charge in [0.25, 0.3) is 0 Å². The molecule has 6 nitrogen and oxygen atoms in total. The lowest BCUT2D eigenvalue weighted by Gasteiger charge is -2.39. The number of oxazole rings is 1. The number of fused-ring (bicyclic) bond motifs is 1. The summed E-state index contributed by atoms with van der Waals surface area (Å²) >= 11 is 0. The van der Waals surface area contributed by atoms with E-state index in [4.69, 9.17) is 10.2 Å². The number of carbonyl (C=O) groups excluding carboxylic acids is 1. The Labute approximate surface area is 109 Å². The number of anilines is 1. The van der Waals surface area contributed by atoms with Crippen LogP contribution in [0.3, 0.4) is 0 Å². The van der Waals surface area contributed by atoms with Gasteiger partial charge in [0.1, 0.15) is 0 Å². The number of aromatic amines is 1. The molecule has 1 heterocycles. The maximum Gasteiger partial charge on any atom is 0.417 e. The molecule has 0 saturated heterocycles. The van der Waals surface area contributed by atoms with Crippen LogP contribution in [0.4, 0.5) is 5.69 Å². The van der Waals surface area contributed by atoms with Crippen LogP contribution in [0, 0.1) is 5.41 Å². The molecule has 1 aliphatic carbocycles. The molecular formula is C13H15N3O3. The van der Waals surface area contributed by atoms with Gasteiger partial charge in [-0.2, -0.15) is 0 Å². The largest absolute Gasteiger partial charge is 0.417 e. The van der Waals surface area contributed by atoms with Crippen molar-refractivity contribution in [3.05, 3.63) is 28.7 Å². The topological polar surface area (TPSA) is 101 Å². The van der Waals surface area contributed by atoms with Gasteiger partial charge in [-0.15, -0.1) is 0 Å². The molecule has 1 aromatic heterocycles. The van der Waals surface area contributed by atoms with E-state index in [9.17, 15) is 9.59 Å². The summed E-state index contributed by atoms with van der Waals surface area (Å²) in [4.78, 5) is 25.8. The summed E-state index contributed by atoms with van der Waals surface area (Å²) in [6, 6.07) is 5.04. The van der Waals surface area contributed by atoms with Crippen LogP contribution in [0.15, 0.2) is 27.4 Å². The van der Waals surface area contributed by atoms with Crippen molar-refractivity contribution >= 4 is 22.7 Å². The Morgan fingerprint density at radius 1 is 1.47 bits per heavy atom. The lowest BCUT2D eigenvalue weighted by atomic mass is 9.68. The van der Waals surface area contributed by atoms with E-state index >= 15 is 0 Å². The number of rotatable bonds is 3. The number of nitrogens with one attached hydrogen (secondary N) is 2. The van der Waals surface area contributed by atoms with Crippen molar-refractivity contribution in [3.8, 4) is 0 Å². The van der Waals surface area contributed by atoms with E-state index in [2.05, 4.69) is 10.3 Å². The first-order chi connectivity index (χ1) is 9.13. The summed E-state index contributed by atoms with van der Waals surface area (Å²) in [5, 5.41) is 2.85. The number of nitrogens with two attached hydrogens (primary N) is 1. The Balaban J connectivity index is 1.84. The van der Waals surface area contributed by atoms with Crippen LogP contribution >= 0.6 is 0 Å². The zero-order valence-electron chi connectivity index (χ0n) is 10.4. The summed E-state index contributed by atoms with van der Waals surface area (Å²) in [5.41, 5.74) is 6.95. The molecule has 0 aliphatic heterocycles. The van der Waals surface area contributed by atoms with Gasteiger partial charge in [0.15, 0.2) is 5.58 Å². The van der Waals surface area contributed by atoms with Gasteiger partial charge in [-0.05, 0) is 31.0 Å². The van der Waals surface area contributed by atoms with Gasteiger partial charge in [0.2, 0.25) is 5.91 Å². The molecule has 6 heteroatoms. The number of amides is 1. The summed E-state index contributed by atoms with van der Waals surface area (Å²) in [6.07, 6.45) is 2.71. The van der Waals surface area contributed by atoms with Crippen molar-refractivity contribution in [2.24, 2.45) is 11.1 Å². The van der Waals surface area contributed by atoms with E-state index in [0.717, 1.165) is 19.3 Å². The average Bonchev–Trinajstić information content (AvgIpc) is 2.67.